The van der Waals surface area contributed by atoms with Gasteiger partial charge in [0.15, 0.2) is 0 Å². The number of benzene rings is 1. The third-order valence-electron chi connectivity index (χ3n) is 2.68. The molecule has 2 rings (SSSR count). The molecule has 1 aromatic carbocycles. The summed E-state index contributed by atoms with van der Waals surface area (Å²) in [6.45, 7) is 3.68. The van der Waals surface area contributed by atoms with Crippen molar-refractivity contribution in [3.8, 4) is 5.75 Å². The van der Waals surface area contributed by atoms with Gasteiger partial charge in [0.25, 0.3) is 5.91 Å². The minimum Gasteiger partial charge on any atom is -0.507 e. The second kappa shape index (κ2) is 4.96. The summed E-state index contributed by atoms with van der Waals surface area (Å²) in [4.78, 5) is 11.9. The first-order chi connectivity index (χ1) is 8.58. The minimum absolute atomic E-state index is 0.0298. The molecular formula is C14H15NO3. The maximum atomic E-state index is 11.9. The Morgan fingerprint density at radius 3 is 2.61 bits per heavy atom. The number of aryl methyl sites for hydroxylation is 1. The molecule has 1 aromatic heterocycles. The summed E-state index contributed by atoms with van der Waals surface area (Å²) in [5.74, 6) is 1.14. The lowest BCUT2D eigenvalue weighted by atomic mass is 10.1. The third-order valence-corrected chi connectivity index (χ3v) is 2.68. The van der Waals surface area contributed by atoms with E-state index in [2.05, 4.69) is 5.32 Å². The average Bonchev–Trinajstić information content (AvgIpc) is 2.76. The van der Waals surface area contributed by atoms with Gasteiger partial charge in [-0.1, -0.05) is 12.1 Å². The molecule has 0 saturated heterocycles. The Bertz CT molecular complexity index is 560. The van der Waals surface area contributed by atoms with Gasteiger partial charge in [0.2, 0.25) is 0 Å². The quantitative estimate of drug-likeness (QED) is 0.874. The smallest absolute Gasteiger partial charge is 0.255 e. The Morgan fingerprint density at radius 1 is 1.28 bits per heavy atom. The van der Waals surface area contributed by atoms with Gasteiger partial charge in [0, 0.05) is 0 Å². The van der Waals surface area contributed by atoms with Crippen molar-refractivity contribution >= 4 is 5.91 Å². The molecule has 1 unspecified atom stereocenters. The summed E-state index contributed by atoms with van der Waals surface area (Å²) in [6, 6.07) is 9.86. The molecule has 0 spiro atoms. The van der Waals surface area contributed by atoms with Gasteiger partial charge in [-0.05, 0) is 38.1 Å². The fraction of sp³-hybridized carbons (Fsp3) is 0.214. The molecular weight excluding hydrogens is 230 g/mol. The van der Waals surface area contributed by atoms with Crippen LogP contribution in [0, 0.1) is 6.92 Å². The topological polar surface area (TPSA) is 62.5 Å². The van der Waals surface area contributed by atoms with E-state index in [9.17, 15) is 9.90 Å². The lowest BCUT2D eigenvalue weighted by Crippen LogP contribution is -2.26. The van der Waals surface area contributed by atoms with Crippen LogP contribution in [0.2, 0.25) is 0 Å². The third kappa shape index (κ3) is 2.53. The van der Waals surface area contributed by atoms with E-state index in [-0.39, 0.29) is 23.3 Å². The highest BCUT2D eigenvalue weighted by molar-refractivity contribution is 5.96. The van der Waals surface area contributed by atoms with Gasteiger partial charge >= 0.3 is 0 Å². The summed E-state index contributed by atoms with van der Waals surface area (Å²) < 4.78 is 5.44. The van der Waals surface area contributed by atoms with Crippen molar-refractivity contribution in [2.75, 3.05) is 0 Å². The zero-order valence-electron chi connectivity index (χ0n) is 10.3. The van der Waals surface area contributed by atoms with E-state index in [1.807, 2.05) is 26.0 Å². The first-order valence-corrected chi connectivity index (χ1v) is 5.73. The van der Waals surface area contributed by atoms with Crippen molar-refractivity contribution in [2.24, 2.45) is 0 Å². The Kier molecular flexibility index (Phi) is 3.37. The molecule has 2 N–H and O–H groups in total. The van der Waals surface area contributed by atoms with Crippen LogP contribution in [0.25, 0.3) is 0 Å². The number of amides is 1. The van der Waals surface area contributed by atoms with Gasteiger partial charge in [-0.15, -0.1) is 0 Å². The van der Waals surface area contributed by atoms with Crippen molar-refractivity contribution in [3.63, 3.8) is 0 Å². The van der Waals surface area contributed by atoms with Gasteiger partial charge in [-0.25, -0.2) is 0 Å². The summed E-state index contributed by atoms with van der Waals surface area (Å²) in [7, 11) is 0. The van der Waals surface area contributed by atoms with Crippen molar-refractivity contribution < 1.29 is 14.3 Å². The molecule has 2 aromatic rings. The number of nitrogens with one attached hydrogen (secondary N) is 1. The summed E-state index contributed by atoms with van der Waals surface area (Å²) in [6.07, 6.45) is 0. The monoisotopic (exact) mass is 245 g/mol. The number of carbonyl (C=O) groups is 1. The fourth-order valence-electron chi connectivity index (χ4n) is 1.70. The lowest BCUT2D eigenvalue weighted by Gasteiger charge is -2.12. The number of hydrogen-bond donors (Lipinski definition) is 2. The van der Waals surface area contributed by atoms with Gasteiger partial charge in [0.1, 0.15) is 17.3 Å². The second-order valence-electron chi connectivity index (χ2n) is 4.16. The first kappa shape index (κ1) is 12.2. The molecule has 1 atom stereocenters. The second-order valence-corrected chi connectivity index (χ2v) is 4.16. The van der Waals surface area contributed by atoms with Gasteiger partial charge in [-0.2, -0.15) is 0 Å². The number of carbonyl (C=O) groups excluding carboxylic acids is 1. The van der Waals surface area contributed by atoms with Crippen LogP contribution in [0.5, 0.6) is 5.75 Å². The maximum absolute atomic E-state index is 11.9. The number of furan rings is 1. The van der Waals surface area contributed by atoms with Crippen molar-refractivity contribution in [1.29, 1.82) is 0 Å². The summed E-state index contributed by atoms with van der Waals surface area (Å²) in [5, 5.41) is 12.4. The minimum atomic E-state index is -0.324. The number of para-hydroxylation sites is 1. The van der Waals surface area contributed by atoms with Crippen LogP contribution in [0.1, 0.15) is 34.8 Å². The van der Waals surface area contributed by atoms with Crippen molar-refractivity contribution in [2.45, 2.75) is 19.9 Å². The molecule has 0 bridgehead atoms. The highest BCUT2D eigenvalue weighted by Crippen LogP contribution is 2.19. The predicted molar refractivity (Wildman–Crippen MR) is 67.4 cm³/mol. The molecule has 0 saturated carbocycles. The Morgan fingerprint density at radius 2 is 2.00 bits per heavy atom. The number of phenolic OH excluding ortho intramolecular Hbond substituents is 1. The fourth-order valence-corrected chi connectivity index (χ4v) is 1.70. The molecule has 1 heterocycles. The zero-order chi connectivity index (χ0) is 13.1. The molecule has 94 valence electrons. The first-order valence-electron chi connectivity index (χ1n) is 5.73. The van der Waals surface area contributed by atoms with Crippen molar-refractivity contribution in [1.82, 2.24) is 5.32 Å². The Hall–Kier alpha value is -2.23. The number of phenols is 1. The van der Waals surface area contributed by atoms with Crippen molar-refractivity contribution in [3.05, 3.63) is 53.5 Å². The molecule has 0 fully saturated rings. The van der Waals surface area contributed by atoms with Crippen LogP contribution in [-0.4, -0.2) is 11.0 Å². The van der Waals surface area contributed by atoms with Crippen LogP contribution in [0.3, 0.4) is 0 Å². The molecule has 0 aliphatic rings. The van der Waals surface area contributed by atoms with E-state index in [1.54, 1.807) is 18.2 Å². The molecule has 0 radical (unpaired) electrons. The highest BCUT2D eigenvalue weighted by atomic mass is 16.3. The number of hydrogen-bond acceptors (Lipinski definition) is 3. The summed E-state index contributed by atoms with van der Waals surface area (Å²) >= 11 is 0. The van der Waals surface area contributed by atoms with Crippen LogP contribution in [0.4, 0.5) is 0 Å². The average molecular weight is 245 g/mol. The maximum Gasteiger partial charge on any atom is 0.255 e. The van der Waals surface area contributed by atoms with Crippen LogP contribution < -0.4 is 5.32 Å². The van der Waals surface area contributed by atoms with Gasteiger partial charge in [0.05, 0.1) is 11.6 Å². The van der Waals surface area contributed by atoms with E-state index in [0.29, 0.717) is 5.76 Å². The van der Waals surface area contributed by atoms with Gasteiger partial charge < -0.3 is 14.8 Å². The van der Waals surface area contributed by atoms with E-state index in [1.165, 1.54) is 6.07 Å². The zero-order valence-corrected chi connectivity index (χ0v) is 10.3. The highest BCUT2D eigenvalue weighted by Gasteiger charge is 2.16. The summed E-state index contributed by atoms with van der Waals surface area (Å²) in [5.41, 5.74) is 0.257. The van der Waals surface area contributed by atoms with Crippen LogP contribution in [-0.2, 0) is 0 Å². The Balaban J connectivity index is 2.10. The largest absolute Gasteiger partial charge is 0.507 e. The lowest BCUT2D eigenvalue weighted by molar-refractivity contribution is 0.0932. The molecule has 0 aliphatic carbocycles. The van der Waals surface area contributed by atoms with E-state index >= 15 is 0 Å². The molecule has 1 amide bonds. The van der Waals surface area contributed by atoms with Gasteiger partial charge in [-0.3, -0.25) is 4.79 Å². The standard InChI is InChI=1S/C14H15NO3/c1-9-7-8-13(18-9)10(2)15-14(17)11-5-3-4-6-12(11)16/h3-8,10,16H,1-2H3,(H,15,17). The van der Waals surface area contributed by atoms with E-state index in [4.69, 9.17) is 4.42 Å². The number of rotatable bonds is 3. The SMILES string of the molecule is Cc1ccc(C(C)NC(=O)c2ccccc2O)o1. The van der Waals surface area contributed by atoms with Crippen LogP contribution >= 0.6 is 0 Å². The predicted octanol–water partition coefficient (Wildman–Crippen LogP) is 2.78. The van der Waals surface area contributed by atoms with E-state index < -0.39 is 0 Å². The number of aromatic hydroxyl groups is 1. The molecule has 18 heavy (non-hydrogen) atoms. The molecule has 4 nitrogen and oxygen atoms in total. The van der Waals surface area contributed by atoms with E-state index in [0.717, 1.165) is 5.76 Å². The van der Waals surface area contributed by atoms with Crippen LogP contribution in [0.15, 0.2) is 40.8 Å². The normalized spacial score (nSPS) is 12.1. The molecule has 4 heteroatoms. The Labute approximate surface area is 105 Å². The molecule has 0 aliphatic heterocycles.